The molecule has 146 valence electrons. The highest BCUT2D eigenvalue weighted by Crippen LogP contribution is 2.41. The van der Waals surface area contributed by atoms with Gasteiger partial charge in [0.2, 0.25) is 5.95 Å². The van der Waals surface area contributed by atoms with Crippen LogP contribution in [0, 0.1) is 5.92 Å². The van der Waals surface area contributed by atoms with Gasteiger partial charge in [0, 0.05) is 24.3 Å². The quantitative estimate of drug-likeness (QED) is 0.724. The topological polar surface area (TPSA) is 76.6 Å². The van der Waals surface area contributed by atoms with Crippen LogP contribution < -0.4 is 10.1 Å². The molecule has 28 heavy (non-hydrogen) atoms. The monoisotopic (exact) mass is 444 g/mol. The molecule has 0 saturated carbocycles. The maximum Gasteiger partial charge on any atom is 0.314 e. The van der Waals surface area contributed by atoms with Crippen molar-refractivity contribution in [2.24, 2.45) is 5.92 Å². The van der Waals surface area contributed by atoms with Crippen LogP contribution in [0.25, 0.3) is 5.70 Å². The van der Waals surface area contributed by atoms with Crippen LogP contribution in [0.3, 0.4) is 0 Å². The molecular formula is C20H21BrN4O3. The van der Waals surface area contributed by atoms with E-state index in [1.165, 1.54) is 7.11 Å². The highest BCUT2D eigenvalue weighted by molar-refractivity contribution is 9.10. The molecule has 2 heterocycles. The zero-order chi connectivity index (χ0) is 19.8. The molecule has 1 unspecified atom stereocenters. The first-order valence-corrected chi connectivity index (χ1v) is 9.80. The summed E-state index contributed by atoms with van der Waals surface area (Å²) in [5.74, 6) is 0.769. The summed E-state index contributed by atoms with van der Waals surface area (Å²) in [6.45, 7) is 0.615. The van der Waals surface area contributed by atoms with Crippen LogP contribution in [0.5, 0.6) is 5.75 Å². The molecule has 0 fully saturated rings. The Labute approximate surface area is 171 Å². The molecule has 1 aliphatic carbocycles. The van der Waals surface area contributed by atoms with E-state index >= 15 is 0 Å². The second-order valence-electron chi connectivity index (χ2n) is 6.87. The minimum Gasteiger partial charge on any atom is -0.495 e. The molecule has 1 N–H and O–H groups in total. The molecule has 0 amide bonds. The third-order valence-corrected chi connectivity index (χ3v) is 5.70. The third-order valence-electron chi connectivity index (χ3n) is 5.21. The van der Waals surface area contributed by atoms with Crippen LogP contribution in [-0.2, 0) is 16.0 Å². The van der Waals surface area contributed by atoms with Gasteiger partial charge in [0.25, 0.3) is 0 Å². The molecule has 7 nitrogen and oxygen atoms in total. The fraction of sp³-hybridized carbons (Fsp3) is 0.350. The number of aryl methyl sites for hydroxylation is 1. The van der Waals surface area contributed by atoms with Crippen molar-refractivity contribution in [1.82, 2.24) is 14.9 Å². The van der Waals surface area contributed by atoms with Gasteiger partial charge in [-0.2, -0.15) is 0 Å². The van der Waals surface area contributed by atoms with Gasteiger partial charge in [0.1, 0.15) is 5.75 Å². The predicted molar refractivity (Wildman–Crippen MR) is 109 cm³/mol. The number of carbonyl (C=O) groups is 1. The van der Waals surface area contributed by atoms with Crippen molar-refractivity contribution >= 4 is 39.2 Å². The van der Waals surface area contributed by atoms with E-state index in [1.54, 1.807) is 7.11 Å². The number of hydrogen-bond donors (Lipinski definition) is 1. The second kappa shape index (κ2) is 7.43. The van der Waals surface area contributed by atoms with Crippen molar-refractivity contribution in [3.05, 3.63) is 45.7 Å². The summed E-state index contributed by atoms with van der Waals surface area (Å²) in [5, 5.41) is 3.24. The van der Waals surface area contributed by atoms with Crippen LogP contribution in [-0.4, -0.2) is 48.6 Å². The maximum atomic E-state index is 12.2. The number of nitrogens with one attached hydrogen (secondary N) is 1. The average Bonchev–Trinajstić information content (AvgIpc) is 3.05. The Morgan fingerprint density at radius 3 is 2.89 bits per heavy atom. The minimum absolute atomic E-state index is 0.188. The Morgan fingerprint density at radius 1 is 1.32 bits per heavy atom. The largest absolute Gasteiger partial charge is 0.495 e. The number of ether oxygens (including phenoxy) is 2. The van der Waals surface area contributed by atoms with Crippen molar-refractivity contribution in [2.45, 2.75) is 12.8 Å². The summed E-state index contributed by atoms with van der Waals surface area (Å²) >= 11 is 3.44. The van der Waals surface area contributed by atoms with Gasteiger partial charge in [0.05, 0.1) is 37.2 Å². The van der Waals surface area contributed by atoms with E-state index in [4.69, 9.17) is 14.5 Å². The SMILES string of the molecule is COC(=O)C1CN(C)C2=C1CCc1cnc(Nc3ccc(Br)cc3OC)nc12. The number of anilines is 2. The van der Waals surface area contributed by atoms with Crippen LogP contribution in [0.4, 0.5) is 11.6 Å². The molecule has 2 aliphatic rings. The number of halogens is 1. The van der Waals surface area contributed by atoms with Gasteiger partial charge in [-0.1, -0.05) is 15.9 Å². The van der Waals surface area contributed by atoms with E-state index in [9.17, 15) is 4.79 Å². The summed E-state index contributed by atoms with van der Waals surface area (Å²) in [5.41, 5.74) is 4.87. The van der Waals surface area contributed by atoms with Crippen LogP contribution in [0.15, 0.2) is 34.4 Å². The Morgan fingerprint density at radius 2 is 2.14 bits per heavy atom. The molecular weight excluding hydrogens is 424 g/mol. The molecule has 2 aromatic rings. The number of methoxy groups -OCH3 is 2. The van der Waals surface area contributed by atoms with Gasteiger partial charge < -0.3 is 19.7 Å². The first-order valence-electron chi connectivity index (χ1n) is 9.00. The van der Waals surface area contributed by atoms with E-state index in [-0.39, 0.29) is 11.9 Å². The normalized spacial score (nSPS) is 17.9. The van der Waals surface area contributed by atoms with Gasteiger partial charge in [-0.25, -0.2) is 9.97 Å². The number of benzene rings is 1. The van der Waals surface area contributed by atoms with Gasteiger partial charge in [0.15, 0.2) is 0 Å². The van der Waals surface area contributed by atoms with Gasteiger partial charge in [-0.15, -0.1) is 0 Å². The number of fused-ring (bicyclic) bond motifs is 2. The summed E-state index contributed by atoms with van der Waals surface area (Å²) in [4.78, 5) is 23.5. The molecule has 1 aromatic heterocycles. The molecule has 4 rings (SSSR count). The first-order chi connectivity index (χ1) is 13.5. The fourth-order valence-electron chi connectivity index (χ4n) is 3.88. The molecule has 0 radical (unpaired) electrons. The lowest BCUT2D eigenvalue weighted by atomic mass is 9.89. The van der Waals surface area contributed by atoms with Crippen molar-refractivity contribution in [3.63, 3.8) is 0 Å². The first kappa shape index (κ1) is 18.7. The highest BCUT2D eigenvalue weighted by atomic mass is 79.9. The summed E-state index contributed by atoms with van der Waals surface area (Å²) in [6, 6.07) is 5.72. The molecule has 1 aromatic carbocycles. The minimum atomic E-state index is -0.226. The lowest BCUT2D eigenvalue weighted by Gasteiger charge is -2.23. The number of esters is 1. The lowest BCUT2D eigenvalue weighted by Crippen LogP contribution is -2.23. The lowest BCUT2D eigenvalue weighted by molar-refractivity contribution is -0.144. The Bertz CT molecular complexity index is 976. The van der Waals surface area contributed by atoms with Crippen molar-refractivity contribution in [2.75, 3.05) is 33.1 Å². The summed E-state index contributed by atoms with van der Waals surface area (Å²) < 4.78 is 11.4. The third kappa shape index (κ3) is 3.22. The fourth-order valence-corrected chi connectivity index (χ4v) is 4.22. The van der Waals surface area contributed by atoms with Gasteiger partial charge in [-0.3, -0.25) is 4.79 Å². The highest BCUT2D eigenvalue weighted by Gasteiger charge is 2.39. The van der Waals surface area contributed by atoms with Gasteiger partial charge >= 0.3 is 5.97 Å². The van der Waals surface area contributed by atoms with Crippen LogP contribution in [0.2, 0.25) is 0 Å². The number of aromatic nitrogens is 2. The maximum absolute atomic E-state index is 12.2. The Kier molecular flexibility index (Phi) is 4.97. The van der Waals surface area contributed by atoms with Crippen molar-refractivity contribution in [3.8, 4) is 5.75 Å². The zero-order valence-corrected chi connectivity index (χ0v) is 17.5. The summed E-state index contributed by atoms with van der Waals surface area (Å²) in [7, 11) is 5.05. The predicted octanol–water partition coefficient (Wildman–Crippen LogP) is 3.38. The van der Waals surface area contributed by atoms with E-state index in [0.29, 0.717) is 18.2 Å². The van der Waals surface area contributed by atoms with Crippen LogP contribution >= 0.6 is 15.9 Å². The molecule has 1 atom stereocenters. The molecule has 0 saturated heterocycles. The van der Waals surface area contributed by atoms with Crippen LogP contribution in [0.1, 0.15) is 17.7 Å². The van der Waals surface area contributed by atoms with Gasteiger partial charge in [-0.05, 0) is 42.2 Å². The second-order valence-corrected chi connectivity index (χ2v) is 7.78. The molecule has 8 heteroatoms. The van der Waals surface area contributed by atoms with Crippen molar-refractivity contribution in [1.29, 1.82) is 0 Å². The zero-order valence-electron chi connectivity index (χ0n) is 16.0. The molecule has 0 bridgehead atoms. The standard InChI is InChI=1S/C20H21BrN4O3/c1-25-10-14(19(26)28-3)13-6-4-11-9-22-20(24-17(11)18(13)25)23-15-7-5-12(21)8-16(15)27-2/h5,7-9,14H,4,6,10H2,1-3H3,(H,22,23,24). The number of nitrogens with zero attached hydrogens (tertiary/aromatic N) is 3. The molecule has 0 spiro atoms. The van der Waals surface area contributed by atoms with E-state index in [1.807, 2.05) is 31.4 Å². The Hall–Kier alpha value is -2.61. The Balaban J connectivity index is 1.71. The average molecular weight is 445 g/mol. The van der Waals surface area contributed by atoms with E-state index < -0.39 is 0 Å². The number of hydrogen-bond acceptors (Lipinski definition) is 7. The van der Waals surface area contributed by atoms with Crippen molar-refractivity contribution < 1.29 is 14.3 Å². The van der Waals surface area contributed by atoms with E-state index in [0.717, 1.165) is 45.5 Å². The smallest absolute Gasteiger partial charge is 0.314 e. The molecule has 1 aliphatic heterocycles. The van der Waals surface area contributed by atoms with E-state index in [2.05, 4.69) is 31.1 Å². The number of carbonyl (C=O) groups excluding carboxylic acids is 1. The summed E-state index contributed by atoms with van der Waals surface area (Å²) in [6.07, 6.45) is 3.50. The number of rotatable bonds is 4.